The third-order valence-electron chi connectivity index (χ3n) is 8.44. The summed E-state index contributed by atoms with van der Waals surface area (Å²) in [6, 6.07) is 1.68. The maximum atomic E-state index is 12.8. The van der Waals surface area contributed by atoms with Crippen LogP contribution < -0.4 is 0 Å². The number of furan rings is 1. The summed E-state index contributed by atoms with van der Waals surface area (Å²) in [4.78, 5) is 24.7. The average molecular weight is 407 g/mol. The zero-order valence-corrected chi connectivity index (χ0v) is 17.8. The minimum Gasteiger partial charge on any atom is -0.472 e. The molecule has 2 aliphatic rings. The van der Waals surface area contributed by atoms with E-state index in [4.69, 9.17) is 4.42 Å². The highest BCUT2D eigenvalue weighted by Gasteiger charge is 2.66. The largest absolute Gasteiger partial charge is 0.472 e. The summed E-state index contributed by atoms with van der Waals surface area (Å²) < 4.78 is 5.10. The number of Topliss-reactive ketones (excluding diaryl/α,β-unsaturated/α-hetero) is 1. The second-order valence-corrected chi connectivity index (χ2v) is 9.88. The van der Waals surface area contributed by atoms with E-state index < -0.39 is 28.6 Å². The maximum absolute atomic E-state index is 12.8. The Balaban J connectivity index is 2.09. The fourth-order valence-corrected chi connectivity index (χ4v) is 6.45. The summed E-state index contributed by atoms with van der Waals surface area (Å²) in [6.07, 6.45) is 4.17. The van der Waals surface area contributed by atoms with Gasteiger partial charge in [0.25, 0.3) is 0 Å². The molecule has 162 valence electrons. The van der Waals surface area contributed by atoms with Gasteiger partial charge in [0.2, 0.25) is 0 Å². The van der Waals surface area contributed by atoms with Crippen molar-refractivity contribution in [1.29, 1.82) is 0 Å². The van der Waals surface area contributed by atoms with E-state index in [0.29, 0.717) is 31.2 Å². The van der Waals surface area contributed by atoms with Gasteiger partial charge in [0.05, 0.1) is 30.3 Å². The highest BCUT2D eigenvalue weighted by Crippen LogP contribution is 2.66. The molecule has 6 nitrogen and oxygen atoms in total. The van der Waals surface area contributed by atoms with E-state index >= 15 is 0 Å². The molecule has 2 saturated carbocycles. The summed E-state index contributed by atoms with van der Waals surface area (Å²) in [5.41, 5.74) is -2.46. The lowest BCUT2D eigenvalue weighted by atomic mass is 9.40. The number of hydrogen-bond acceptors (Lipinski definition) is 6. The van der Waals surface area contributed by atoms with Crippen molar-refractivity contribution in [1.82, 2.24) is 0 Å². The van der Waals surface area contributed by atoms with Crippen molar-refractivity contribution in [2.45, 2.75) is 77.6 Å². The Hall–Kier alpha value is -1.50. The Kier molecular flexibility index (Phi) is 5.84. The molecule has 3 N–H and O–H groups in total. The zero-order valence-electron chi connectivity index (χ0n) is 17.8. The average Bonchev–Trinajstić information content (AvgIpc) is 3.18. The summed E-state index contributed by atoms with van der Waals surface area (Å²) in [6.45, 7) is 7.11. The SMILES string of the molecule is CC(=O)CC1CC2(C)C(CCC(O)C2(C)O)C(C=O)(CC(O)c2ccoc2)C1C. The summed E-state index contributed by atoms with van der Waals surface area (Å²) >= 11 is 0. The van der Waals surface area contributed by atoms with Gasteiger partial charge in [-0.2, -0.15) is 0 Å². The van der Waals surface area contributed by atoms with Gasteiger partial charge in [-0.15, -0.1) is 0 Å². The first kappa shape index (κ1) is 22.2. The van der Waals surface area contributed by atoms with Gasteiger partial charge in [-0.25, -0.2) is 0 Å². The van der Waals surface area contributed by atoms with Crippen LogP contribution in [0.25, 0.3) is 0 Å². The van der Waals surface area contributed by atoms with Gasteiger partial charge in [0.15, 0.2) is 0 Å². The van der Waals surface area contributed by atoms with Crippen molar-refractivity contribution in [3.8, 4) is 0 Å². The molecule has 0 bridgehead atoms. The summed E-state index contributed by atoms with van der Waals surface area (Å²) in [5, 5.41) is 32.8. The van der Waals surface area contributed by atoms with Crippen molar-refractivity contribution in [2.75, 3.05) is 0 Å². The highest BCUT2D eigenvalue weighted by atomic mass is 16.3. The minimum atomic E-state index is -1.39. The molecule has 29 heavy (non-hydrogen) atoms. The van der Waals surface area contributed by atoms with E-state index in [1.165, 1.54) is 19.5 Å². The lowest BCUT2D eigenvalue weighted by Crippen LogP contribution is -2.67. The van der Waals surface area contributed by atoms with Gasteiger partial charge in [-0.05, 0) is 63.4 Å². The molecule has 0 spiro atoms. The normalized spacial score (nSPS) is 43.4. The lowest BCUT2D eigenvalue weighted by molar-refractivity contribution is -0.245. The number of carbonyl (C=O) groups is 2. The number of aliphatic hydroxyl groups is 3. The molecule has 8 atom stereocenters. The van der Waals surface area contributed by atoms with Crippen LogP contribution in [0.1, 0.15) is 71.5 Å². The van der Waals surface area contributed by atoms with Crippen molar-refractivity contribution in [3.63, 3.8) is 0 Å². The molecule has 1 heterocycles. The Bertz CT molecular complexity index is 741. The Morgan fingerprint density at radius 2 is 2.07 bits per heavy atom. The van der Waals surface area contributed by atoms with Gasteiger partial charge in [0, 0.05) is 22.8 Å². The second-order valence-electron chi connectivity index (χ2n) is 9.88. The van der Waals surface area contributed by atoms with Crippen LogP contribution in [0, 0.1) is 28.6 Å². The zero-order chi connectivity index (χ0) is 21.6. The quantitative estimate of drug-likeness (QED) is 0.627. The van der Waals surface area contributed by atoms with Gasteiger partial charge >= 0.3 is 0 Å². The first-order valence-electron chi connectivity index (χ1n) is 10.6. The van der Waals surface area contributed by atoms with E-state index in [9.17, 15) is 24.9 Å². The number of hydrogen-bond donors (Lipinski definition) is 3. The van der Waals surface area contributed by atoms with E-state index in [0.717, 1.165) is 6.29 Å². The highest BCUT2D eigenvalue weighted by molar-refractivity contribution is 5.76. The minimum absolute atomic E-state index is 0.0371. The van der Waals surface area contributed by atoms with Crippen LogP contribution in [-0.2, 0) is 9.59 Å². The summed E-state index contributed by atoms with van der Waals surface area (Å²) in [7, 11) is 0. The number of fused-ring (bicyclic) bond motifs is 1. The van der Waals surface area contributed by atoms with E-state index in [1.807, 2.05) is 13.8 Å². The lowest BCUT2D eigenvalue weighted by Gasteiger charge is -2.65. The molecule has 1 aromatic heterocycles. The van der Waals surface area contributed by atoms with Gasteiger partial charge in [-0.3, -0.25) is 0 Å². The maximum Gasteiger partial charge on any atom is 0.130 e. The molecule has 0 radical (unpaired) electrons. The Morgan fingerprint density at radius 1 is 1.38 bits per heavy atom. The molecule has 6 heteroatoms. The molecule has 8 unspecified atom stereocenters. The first-order valence-corrected chi connectivity index (χ1v) is 10.6. The van der Waals surface area contributed by atoms with Gasteiger partial charge < -0.3 is 29.3 Å². The molecule has 0 amide bonds. The topological polar surface area (TPSA) is 108 Å². The molecule has 0 saturated heterocycles. The predicted molar refractivity (Wildman–Crippen MR) is 107 cm³/mol. The van der Waals surface area contributed by atoms with Crippen molar-refractivity contribution < 1.29 is 29.3 Å². The smallest absolute Gasteiger partial charge is 0.130 e. The van der Waals surface area contributed by atoms with Crippen LogP contribution in [0.2, 0.25) is 0 Å². The third-order valence-corrected chi connectivity index (χ3v) is 8.44. The standard InChI is InChI=1S/C23H34O6/c1-14(25)9-17-10-21(3)19(5-6-20(27)22(21,4)28)23(13-24,15(17)2)11-18(26)16-7-8-29-12-16/h7-8,12-13,15,17-20,26-28H,5-6,9-11H2,1-4H3. The van der Waals surface area contributed by atoms with Gasteiger partial charge in [-0.1, -0.05) is 13.8 Å². The molecule has 2 fully saturated rings. The van der Waals surface area contributed by atoms with Crippen LogP contribution in [0.4, 0.5) is 0 Å². The molecule has 2 aliphatic carbocycles. The van der Waals surface area contributed by atoms with Crippen LogP contribution in [0.5, 0.6) is 0 Å². The van der Waals surface area contributed by atoms with Crippen molar-refractivity contribution >= 4 is 12.1 Å². The molecule has 1 aromatic rings. The van der Waals surface area contributed by atoms with Crippen molar-refractivity contribution in [2.24, 2.45) is 28.6 Å². The number of aldehydes is 1. The van der Waals surface area contributed by atoms with Crippen LogP contribution in [0.15, 0.2) is 23.0 Å². The Labute approximate surface area is 172 Å². The molecule has 0 aromatic carbocycles. The van der Waals surface area contributed by atoms with E-state index in [-0.39, 0.29) is 30.0 Å². The first-order chi connectivity index (χ1) is 13.5. The van der Waals surface area contributed by atoms with Crippen LogP contribution >= 0.6 is 0 Å². The second kappa shape index (κ2) is 7.64. The predicted octanol–water partition coefficient (Wildman–Crippen LogP) is 3.05. The van der Waals surface area contributed by atoms with Crippen molar-refractivity contribution in [3.05, 3.63) is 24.2 Å². The fourth-order valence-electron chi connectivity index (χ4n) is 6.45. The van der Waals surface area contributed by atoms with Gasteiger partial charge in [0.1, 0.15) is 12.1 Å². The van der Waals surface area contributed by atoms with Crippen LogP contribution in [0.3, 0.4) is 0 Å². The molecular weight excluding hydrogens is 372 g/mol. The number of ketones is 1. The number of aliphatic hydroxyl groups excluding tert-OH is 2. The van der Waals surface area contributed by atoms with E-state index in [1.54, 1.807) is 13.0 Å². The number of rotatable bonds is 6. The molecule has 3 rings (SSSR count). The van der Waals surface area contributed by atoms with Crippen LogP contribution in [-0.4, -0.2) is 39.1 Å². The molecular formula is C23H34O6. The summed E-state index contributed by atoms with van der Waals surface area (Å²) in [5.74, 6) is -0.442. The van der Waals surface area contributed by atoms with E-state index in [2.05, 4.69) is 0 Å². The number of carbonyl (C=O) groups excluding carboxylic acids is 2. The monoisotopic (exact) mass is 406 g/mol. The third kappa shape index (κ3) is 3.39. The molecule has 0 aliphatic heterocycles. The Morgan fingerprint density at radius 3 is 2.62 bits per heavy atom. The fraction of sp³-hybridized carbons (Fsp3) is 0.739.